The van der Waals surface area contributed by atoms with Crippen LogP contribution in [-0.2, 0) is 5.60 Å². The van der Waals surface area contributed by atoms with Crippen LogP contribution in [0, 0.1) is 0 Å². The summed E-state index contributed by atoms with van der Waals surface area (Å²) in [5.41, 5.74) is -1.15. The molecule has 1 aromatic carbocycles. The molecule has 0 saturated carbocycles. The van der Waals surface area contributed by atoms with Crippen LogP contribution in [0.3, 0.4) is 0 Å². The SMILES string of the molecule is CCNC(=NCC(C)(O)c1ccco1)NCCCOc1ccc(OC)cc1.I. The highest BCUT2D eigenvalue weighted by Gasteiger charge is 2.25. The van der Waals surface area contributed by atoms with Gasteiger partial charge >= 0.3 is 0 Å². The molecule has 2 aromatic rings. The lowest BCUT2D eigenvalue weighted by atomic mass is 10.0. The van der Waals surface area contributed by atoms with Gasteiger partial charge in [0.05, 0.1) is 26.5 Å². The van der Waals surface area contributed by atoms with Gasteiger partial charge in [0.1, 0.15) is 22.9 Å². The molecule has 0 saturated heterocycles. The van der Waals surface area contributed by atoms with E-state index in [0.29, 0.717) is 24.9 Å². The Labute approximate surface area is 183 Å². The van der Waals surface area contributed by atoms with Gasteiger partial charge in [-0.15, -0.1) is 24.0 Å². The Morgan fingerprint density at radius 3 is 2.50 bits per heavy atom. The van der Waals surface area contributed by atoms with E-state index < -0.39 is 5.60 Å². The number of ether oxygens (including phenoxy) is 2. The maximum absolute atomic E-state index is 10.5. The number of hydrogen-bond acceptors (Lipinski definition) is 5. The van der Waals surface area contributed by atoms with Crippen molar-refractivity contribution in [2.75, 3.05) is 33.4 Å². The summed E-state index contributed by atoms with van der Waals surface area (Å²) >= 11 is 0. The topological polar surface area (TPSA) is 88.3 Å². The average Bonchev–Trinajstić information content (AvgIpc) is 3.22. The summed E-state index contributed by atoms with van der Waals surface area (Å²) in [7, 11) is 1.64. The zero-order chi connectivity index (χ0) is 19.5. The average molecular weight is 503 g/mol. The number of benzene rings is 1. The fraction of sp³-hybridized carbons (Fsp3) is 0.450. The number of nitrogens with one attached hydrogen (secondary N) is 2. The molecule has 8 heteroatoms. The lowest BCUT2D eigenvalue weighted by molar-refractivity contribution is 0.0437. The van der Waals surface area contributed by atoms with Crippen LogP contribution in [0.1, 0.15) is 26.0 Å². The van der Waals surface area contributed by atoms with E-state index in [2.05, 4.69) is 15.6 Å². The summed E-state index contributed by atoms with van der Waals surface area (Å²) in [5, 5.41) is 16.9. The molecule has 156 valence electrons. The highest BCUT2D eigenvalue weighted by molar-refractivity contribution is 14.0. The summed E-state index contributed by atoms with van der Waals surface area (Å²) in [5.74, 6) is 2.76. The van der Waals surface area contributed by atoms with E-state index in [4.69, 9.17) is 13.9 Å². The van der Waals surface area contributed by atoms with Crippen molar-refractivity contribution in [3.63, 3.8) is 0 Å². The molecule has 2 rings (SSSR count). The molecule has 1 heterocycles. The highest BCUT2D eigenvalue weighted by atomic mass is 127. The molecule has 1 unspecified atom stereocenters. The summed E-state index contributed by atoms with van der Waals surface area (Å²) < 4.78 is 16.1. The van der Waals surface area contributed by atoms with Gasteiger partial charge in [0, 0.05) is 13.1 Å². The summed E-state index contributed by atoms with van der Waals surface area (Å²) in [4.78, 5) is 4.45. The van der Waals surface area contributed by atoms with Crippen molar-refractivity contribution in [3.8, 4) is 11.5 Å². The minimum atomic E-state index is -1.15. The van der Waals surface area contributed by atoms with E-state index in [-0.39, 0.29) is 30.5 Å². The van der Waals surface area contributed by atoms with E-state index in [1.54, 1.807) is 32.4 Å². The van der Waals surface area contributed by atoms with Crippen LogP contribution in [0.4, 0.5) is 0 Å². The molecule has 0 radical (unpaired) electrons. The standard InChI is InChI=1S/C20H29N3O4.HI/c1-4-21-19(23-15-20(2,24)18-7-5-13-27-18)22-12-6-14-26-17-10-8-16(25-3)9-11-17;/h5,7-11,13,24H,4,6,12,14-15H2,1-3H3,(H2,21,22,23);1H. The molecule has 3 N–H and O–H groups in total. The Hall–Kier alpha value is -1.94. The van der Waals surface area contributed by atoms with Crippen LogP contribution in [0.2, 0.25) is 0 Å². The monoisotopic (exact) mass is 503 g/mol. The molecule has 0 aliphatic carbocycles. The van der Waals surface area contributed by atoms with Crippen molar-refractivity contribution >= 4 is 29.9 Å². The van der Waals surface area contributed by atoms with Crippen LogP contribution >= 0.6 is 24.0 Å². The maximum atomic E-state index is 10.5. The number of nitrogens with zero attached hydrogens (tertiary/aromatic N) is 1. The molecular weight excluding hydrogens is 473 g/mol. The second-order valence-electron chi connectivity index (χ2n) is 6.25. The quantitative estimate of drug-likeness (QED) is 0.200. The Bertz CT molecular complexity index is 688. The number of halogens is 1. The fourth-order valence-electron chi connectivity index (χ4n) is 2.38. The largest absolute Gasteiger partial charge is 0.497 e. The Kier molecular flexibility index (Phi) is 10.8. The number of aliphatic hydroxyl groups is 1. The normalized spacial score (nSPS) is 13.2. The van der Waals surface area contributed by atoms with Crippen LogP contribution in [0.5, 0.6) is 11.5 Å². The van der Waals surface area contributed by atoms with Crippen LogP contribution in [-0.4, -0.2) is 44.4 Å². The van der Waals surface area contributed by atoms with Crippen LogP contribution < -0.4 is 20.1 Å². The molecule has 0 fully saturated rings. The molecule has 28 heavy (non-hydrogen) atoms. The zero-order valence-corrected chi connectivity index (χ0v) is 18.9. The summed E-state index contributed by atoms with van der Waals surface area (Å²) in [6.45, 7) is 5.89. The smallest absolute Gasteiger partial charge is 0.191 e. The molecule has 1 aromatic heterocycles. The van der Waals surface area contributed by atoms with Crippen molar-refractivity contribution in [1.29, 1.82) is 0 Å². The molecule has 1 atom stereocenters. The zero-order valence-electron chi connectivity index (χ0n) is 16.6. The molecule has 0 amide bonds. The number of methoxy groups -OCH3 is 1. The summed E-state index contributed by atoms with van der Waals surface area (Å²) in [6.07, 6.45) is 2.35. The number of aliphatic imine (C=N–C) groups is 1. The predicted molar refractivity (Wildman–Crippen MR) is 121 cm³/mol. The van der Waals surface area contributed by atoms with Gasteiger partial charge in [-0.2, -0.15) is 0 Å². The van der Waals surface area contributed by atoms with Gasteiger partial charge in [0.15, 0.2) is 5.96 Å². The molecular formula is C20H30IN3O4. The van der Waals surface area contributed by atoms with Gasteiger partial charge in [-0.25, -0.2) is 4.99 Å². The Balaban J connectivity index is 0.00000392. The highest BCUT2D eigenvalue weighted by Crippen LogP contribution is 2.21. The van der Waals surface area contributed by atoms with Crippen molar-refractivity contribution < 1.29 is 19.0 Å². The van der Waals surface area contributed by atoms with Gasteiger partial charge in [0.2, 0.25) is 0 Å². The second kappa shape index (κ2) is 12.5. The third-order valence-electron chi connectivity index (χ3n) is 3.88. The third-order valence-corrected chi connectivity index (χ3v) is 3.88. The Morgan fingerprint density at radius 1 is 1.18 bits per heavy atom. The first-order valence-corrected chi connectivity index (χ1v) is 9.10. The maximum Gasteiger partial charge on any atom is 0.191 e. The van der Waals surface area contributed by atoms with Gasteiger partial charge in [0.25, 0.3) is 0 Å². The van der Waals surface area contributed by atoms with Crippen molar-refractivity contribution in [2.45, 2.75) is 25.9 Å². The van der Waals surface area contributed by atoms with E-state index in [9.17, 15) is 5.11 Å². The number of hydrogen-bond donors (Lipinski definition) is 3. The lowest BCUT2D eigenvalue weighted by Crippen LogP contribution is -2.39. The Morgan fingerprint density at radius 2 is 1.89 bits per heavy atom. The van der Waals surface area contributed by atoms with Gasteiger partial charge in [-0.1, -0.05) is 0 Å². The third kappa shape index (κ3) is 7.97. The molecule has 0 spiro atoms. The second-order valence-corrected chi connectivity index (χ2v) is 6.25. The van der Waals surface area contributed by atoms with Crippen molar-refractivity contribution in [1.82, 2.24) is 10.6 Å². The minimum absolute atomic E-state index is 0. The molecule has 7 nitrogen and oxygen atoms in total. The van der Waals surface area contributed by atoms with Crippen molar-refractivity contribution in [3.05, 3.63) is 48.4 Å². The lowest BCUT2D eigenvalue weighted by Gasteiger charge is -2.19. The van der Waals surface area contributed by atoms with E-state index >= 15 is 0 Å². The van der Waals surface area contributed by atoms with E-state index in [0.717, 1.165) is 24.5 Å². The number of furan rings is 1. The number of rotatable bonds is 10. The first-order valence-electron chi connectivity index (χ1n) is 9.10. The van der Waals surface area contributed by atoms with Crippen LogP contribution in [0.15, 0.2) is 52.1 Å². The predicted octanol–water partition coefficient (Wildman–Crippen LogP) is 3.14. The van der Waals surface area contributed by atoms with Crippen LogP contribution in [0.25, 0.3) is 0 Å². The van der Waals surface area contributed by atoms with Crippen molar-refractivity contribution in [2.24, 2.45) is 4.99 Å². The molecule has 0 aliphatic rings. The molecule has 0 bridgehead atoms. The molecule has 0 aliphatic heterocycles. The minimum Gasteiger partial charge on any atom is -0.497 e. The van der Waals surface area contributed by atoms with Gasteiger partial charge in [-0.3, -0.25) is 0 Å². The fourth-order valence-corrected chi connectivity index (χ4v) is 2.38. The van der Waals surface area contributed by atoms with Gasteiger partial charge in [-0.05, 0) is 56.7 Å². The van der Waals surface area contributed by atoms with E-state index in [1.807, 2.05) is 31.2 Å². The number of guanidine groups is 1. The summed E-state index contributed by atoms with van der Waals surface area (Å²) in [6, 6.07) is 11.0. The van der Waals surface area contributed by atoms with Gasteiger partial charge < -0.3 is 29.6 Å². The first kappa shape index (κ1) is 24.1. The first-order chi connectivity index (χ1) is 13.0. The van der Waals surface area contributed by atoms with E-state index in [1.165, 1.54) is 0 Å².